The molecule has 62 valence electrons. The van der Waals surface area contributed by atoms with Gasteiger partial charge in [0.05, 0.1) is 0 Å². The molecule has 1 rings (SSSR count). The Morgan fingerprint density at radius 3 is 3.09 bits per heavy atom. The van der Waals surface area contributed by atoms with E-state index in [1.807, 2.05) is 0 Å². The molecule has 0 N–H and O–H groups in total. The number of rotatable bonds is 4. The lowest BCUT2D eigenvalue weighted by molar-refractivity contribution is -0.127. The second-order valence-electron chi connectivity index (χ2n) is 2.80. The summed E-state index contributed by atoms with van der Waals surface area (Å²) < 4.78 is 5.23. The van der Waals surface area contributed by atoms with Gasteiger partial charge in [0.1, 0.15) is 6.10 Å². The van der Waals surface area contributed by atoms with Crippen molar-refractivity contribution < 1.29 is 9.53 Å². The second kappa shape index (κ2) is 4.29. The summed E-state index contributed by atoms with van der Waals surface area (Å²) in [4.78, 5) is 11.2. The summed E-state index contributed by atoms with van der Waals surface area (Å²) in [6.45, 7) is 4.32. The molecule has 0 amide bonds. The van der Waals surface area contributed by atoms with Gasteiger partial charge in [-0.1, -0.05) is 6.08 Å². The predicted octanol–water partition coefficient (Wildman–Crippen LogP) is 1.70. The van der Waals surface area contributed by atoms with Crippen LogP contribution in [0.1, 0.15) is 25.7 Å². The smallest absolute Gasteiger partial charge is 0.161 e. The molecule has 1 atom stereocenters. The second-order valence-corrected chi connectivity index (χ2v) is 2.80. The molecule has 2 heteroatoms. The lowest BCUT2D eigenvalue weighted by Crippen LogP contribution is -2.18. The summed E-state index contributed by atoms with van der Waals surface area (Å²) in [6, 6.07) is 0. The van der Waals surface area contributed by atoms with Gasteiger partial charge >= 0.3 is 0 Å². The molecule has 0 unspecified atom stereocenters. The monoisotopic (exact) mass is 154 g/mol. The predicted molar refractivity (Wildman–Crippen MR) is 43.4 cm³/mol. The van der Waals surface area contributed by atoms with Crippen LogP contribution >= 0.6 is 0 Å². The maximum atomic E-state index is 11.2. The summed E-state index contributed by atoms with van der Waals surface area (Å²) >= 11 is 0. The van der Waals surface area contributed by atoms with Crippen molar-refractivity contribution in [3.63, 3.8) is 0 Å². The molecule has 0 aromatic carbocycles. The Labute approximate surface area is 67.2 Å². The van der Waals surface area contributed by atoms with Crippen LogP contribution in [0.3, 0.4) is 0 Å². The molecule has 0 spiro atoms. The van der Waals surface area contributed by atoms with Crippen molar-refractivity contribution in [2.75, 3.05) is 6.61 Å². The van der Waals surface area contributed by atoms with E-state index in [0.717, 1.165) is 25.9 Å². The minimum absolute atomic E-state index is 0.102. The molecule has 0 saturated carbocycles. The highest BCUT2D eigenvalue weighted by Crippen LogP contribution is 2.14. The molecule has 2 nitrogen and oxygen atoms in total. The van der Waals surface area contributed by atoms with Gasteiger partial charge in [-0.2, -0.15) is 0 Å². The summed E-state index contributed by atoms with van der Waals surface area (Å²) in [5, 5.41) is 0. The van der Waals surface area contributed by atoms with Gasteiger partial charge in [0.15, 0.2) is 5.78 Å². The van der Waals surface area contributed by atoms with Crippen LogP contribution < -0.4 is 0 Å². The topological polar surface area (TPSA) is 26.3 Å². The van der Waals surface area contributed by atoms with Crippen LogP contribution in [0.2, 0.25) is 0 Å². The largest absolute Gasteiger partial charge is 0.370 e. The summed E-state index contributed by atoms with van der Waals surface area (Å²) in [5.41, 5.74) is 0. The highest BCUT2D eigenvalue weighted by Gasteiger charge is 2.22. The molecule has 1 fully saturated rings. The first-order valence-electron chi connectivity index (χ1n) is 4.10. The van der Waals surface area contributed by atoms with E-state index in [1.165, 1.54) is 0 Å². The number of hydrogen-bond donors (Lipinski definition) is 0. The highest BCUT2D eigenvalue weighted by molar-refractivity contribution is 5.83. The van der Waals surface area contributed by atoms with Gasteiger partial charge in [-0.3, -0.25) is 4.79 Å². The van der Waals surface area contributed by atoms with Crippen molar-refractivity contribution in [3.05, 3.63) is 12.7 Å². The molecule has 11 heavy (non-hydrogen) atoms. The highest BCUT2D eigenvalue weighted by atomic mass is 16.5. The van der Waals surface area contributed by atoms with E-state index in [-0.39, 0.29) is 11.9 Å². The maximum absolute atomic E-state index is 11.2. The molecule has 0 bridgehead atoms. The van der Waals surface area contributed by atoms with Gasteiger partial charge in [0, 0.05) is 13.0 Å². The molecule has 1 saturated heterocycles. The molecular weight excluding hydrogens is 140 g/mol. The van der Waals surface area contributed by atoms with E-state index in [9.17, 15) is 4.79 Å². The minimum Gasteiger partial charge on any atom is -0.370 e. The normalized spacial score (nSPS) is 23.5. The zero-order valence-corrected chi connectivity index (χ0v) is 6.71. The molecule has 0 aliphatic carbocycles. The van der Waals surface area contributed by atoms with E-state index in [1.54, 1.807) is 6.08 Å². The number of ketones is 1. The van der Waals surface area contributed by atoms with Gasteiger partial charge in [0.25, 0.3) is 0 Å². The van der Waals surface area contributed by atoms with Crippen LogP contribution in [0.4, 0.5) is 0 Å². The van der Waals surface area contributed by atoms with Crippen LogP contribution in [0.5, 0.6) is 0 Å². The molecule has 0 aromatic heterocycles. The van der Waals surface area contributed by atoms with Crippen LogP contribution in [0.15, 0.2) is 12.7 Å². The first-order valence-corrected chi connectivity index (χ1v) is 4.10. The Morgan fingerprint density at radius 1 is 1.73 bits per heavy atom. The summed E-state index contributed by atoms with van der Waals surface area (Å²) in [7, 11) is 0. The van der Waals surface area contributed by atoms with Gasteiger partial charge in [-0.15, -0.1) is 6.58 Å². The SMILES string of the molecule is C=CCCC(=O)[C@H]1CCCO1. The van der Waals surface area contributed by atoms with Gasteiger partial charge in [-0.25, -0.2) is 0 Å². The lowest BCUT2D eigenvalue weighted by atomic mass is 10.1. The number of carbonyl (C=O) groups excluding carboxylic acids is 1. The first kappa shape index (κ1) is 8.47. The first-order chi connectivity index (χ1) is 5.34. The standard InChI is InChI=1S/C9H14O2/c1-2-3-5-8(10)9-6-4-7-11-9/h2,9H,1,3-7H2/t9-/m1/s1. The number of allylic oxidation sites excluding steroid dienone is 1. The van der Waals surface area contributed by atoms with Crippen LogP contribution in [-0.4, -0.2) is 18.5 Å². The third-order valence-electron chi connectivity index (χ3n) is 1.88. The van der Waals surface area contributed by atoms with E-state index >= 15 is 0 Å². The summed E-state index contributed by atoms with van der Waals surface area (Å²) in [6.07, 6.45) is 4.98. The van der Waals surface area contributed by atoms with Crippen LogP contribution in [0, 0.1) is 0 Å². The average Bonchev–Trinajstić information content (AvgIpc) is 2.52. The molecule has 1 aliphatic rings. The number of ether oxygens (including phenoxy) is 1. The summed E-state index contributed by atoms with van der Waals surface area (Å²) in [5.74, 6) is 0.238. The number of hydrogen-bond acceptors (Lipinski definition) is 2. The number of Topliss-reactive ketones (excluding diaryl/α,β-unsaturated/α-hetero) is 1. The molecular formula is C9H14O2. The zero-order valence-electron chi connectivity index (χ0n) is 6.71. The van der Waals surface area contributed by atoms with Gasteiger partial charge < -0.3 is 4.74 Å². The Bertz CT molecular complexity index is 146. The Kier molecular flexibility index (Phi) is 3.30. The zero-order chi connectivity index (χ0) is 8.10. The quantitative estimate of drug-likeness (QED) is 0.576. The molecule has 1 heterocycles. The lowest BCUT2D eigenvalue weighted by Gasteiger charge is -2.05. The van der Waals surface area contributed by atoms with Crippen LogP contribution in [-0.2, 0) is 9.53 Å². The van der Waals surface area contributed by atoms with Crippen LogP contribution in [0.25, 0.3) is 0 Å². The molecule has 0 radical (unpaired) electrons. The fourth-order valence-corrected chi connectivity index (χ4v) is 1.24. The third-order valence-corrected chi connectivity index (χ3v) is 1.88. The van der Waals surface area contributed by atoms with Gasteiger partial charge in [0.2, 0.25) is 0 Å². The van der Waals surface area contributed by atoms with Crippen molar-refractivity contribution in [2.24, 2.45) is 0 Å². The third kappa shape index (κ3) is 2.46. The Morgan fingerprint density at radius 2 is 2.55 bits per heavy atom. The van der Waals surface area contributed by atoms with E-state index in [0.29, 0.717) is 6.42 Å². The average molecular weight is 154 g/mol. The van der Waals surface area contributed by atoms with E-state index in [2.05, 4.69) is 6.58 Å². The van der Waals surface area contributed by atoms with Crippen molar-refractivity contribution in [2.45, 2.75) is 31.8 Å². The number of carbonyl (C=O) groups is 1. The van der Waals surface area contributed by atoms with E-state index in [4.69, 9.17) is 4.74 Å². The van der Waals surface area contributed by atoms with Crippen molar-refractivity contribution >= 4 is 5.78 Å². The van der Waals surface area contributed by atoms with Crippen molar-refractivity contribution in [3.8, 4) is 0 Å². The van der Waals surface area contributed by atoms with Crippen molar-refractivity contribution in [1.29, 1.82) is 0 Å². The fraction of sp³-hybridized carbons (Fsp3) is 0.667. The molecule has 0 aromatic rings. The minimum atomic E-state index is -0.102. The fourth-order valence-electron chi connectivity index (χ4n) is 1.24. The Balaban J connectivity index is 2.22. The molecule has 1 aliphatic heterocycles. The van der Waals surface area contributed by atoms with E-state index < -0.39 is 0 Å². The Hall–Kier alpha value is -0.630. The van der Waals surface area contributed by atoms with Gasteiger partial charge in [-0.05, 0) is 19.3 Å². The van der Waals surface area contributed by atoms with Crippen molar-refractivity contribution in [1.82, 2.24) is 0 Å². The maximum Gasteiger partial charge on any atom is 0.161 e.